The molecule has 2 aromatic carbocycles. The third-order valence-corrected chi connectivity index (χ3v) is 4.87. The normalized spacial score (nSPS) is 10.9. The van der Waals surface area contributed by atoms with Crippen molar-refractivity contribution in [3.63, 3.8) is 0 Å². The lowest BCUT2D eigenvalue weighted by Crippen LogP contribution is -2.24. The zero-order valence-electron chi connectivity index (χ0n) is 18.9. The molecule has 4 aromatic rings. The van der Waals surface area contributed by atoms with Gasteiger partial charge in [-0.05, 0) is 40.1 Å². The van der Waals surface area contributed by atoms with Crippen LogP contribution in [0.3, 0.4) is 0 Å². The highest BCUT2D eigenvalue weighted by Crippen LogP contribution is 2.20. The van der Waals surface area contributed by atoms with Gasteiger partial charge in [0.1, 0.15) is 0 Å². The number of amides is 2. The minimum Gasteiger partial charge on any atom is -0.378 e. The summed E-state index contributed by atoms with van der Waals surface area (Å²) in [6.45, 7) is 1.68. The van der Waals surface area contributed by atoms with Gasteiger partial charge in [0.15, 0.2) is 5.69 Å². The van der Waals surface area contributed by atoms with Crippen molar-refractivity contribution in [3.8, 4) is 5.82 Å². The van der Waals surface area contributed by atoms with E-state index in [0.29, 0.717) is 16.9 Å². The van der Waals surface area contributed by atoms with Crippen LogP contribution in [0.4, 0.5) is 17.2 Å². The van der Waals surface area contributed by atoms with Crippen LogP contribution in [0.5, 0.6) is 0 Å². The van der Waals surface area contributed by atoms with E-state index in [2.05, 4.69) is 41.1 Å². The molecule has 0 bridgehead atoms. The molecular weight excluding hydrogens is 452 g/mol. The topological polar surface area (TPSA) is 169 Å². The minimum atomic E-state index is -0.575. The van der Waals surface area contributed by atoms with Gasteiger partial charge < -0.3 is 16.0 Å². The molecule has 0 spiro atoms. The number of para-hydroxylation sites is 1. The number of rotatable bonds is 8. The van der Waals surface area contributed by atoms with Gasteiger partial charge in [-0.3, -0.25) is 9.59 Å². The van der Waals surface area contributed by atoms with Crippen LogP contribution in [0.2, 0.25) is 0 Å². The van der Waals surface area contributed by atoms with Crippen molar-refractivity contribution in [3.05, 3.63) is 71.5 Å². The van der Waals surface area contributed by atoms with Crippen molar-refractivity contribution in [2.45, 2.75) is 13.5 Å². The Bertz CT molecular complexity index is 1350. The highest BCUT2D eigenvalue weighted by molar-refractivity contribution is 5.94. The van der Waals surface area contributed by atoms with Gasteiger partial charge >= 0.3 is 0 Å². The Morgan fingerprint density at radius 1 is 1.14 bits per heavy atom. The van der Waals surface area contributed by atoms with Crippen molar-refractivity contribution >= 4 is 35.2 Å². The molecular formula is C22H22N10O3. The summed E-state index contributed by atoms with van der Waals surface area (Å²) in [4.78, 5) is 26.0. The molecule has 0 unspecified atom stereocenters. The van der Waals surface area contributed by atoms with E-state index in [4.69, 9.17) is 5.73 Å². The summed E-state index contributed by atoms with van der Waals surface area (Å²) in [6.07, 6.45) is 1.47. The average molecular weight is 474 g/mol. The minimum absolute atomic E-state index is 0.00574. The average Bonchev–Trinajstić information content (AvgIpc) is 3.46. The van der Waals surface area contributed by atoms with E-state index in [9.17, 15) is 9.59 Å². The number of anilines is 3. The van der Waals surface area contributed by atoms with Crippen LogP contribution in [0.25, 0.3) is 5.82 Å². The number of nitrogens with two attached hydrogens (primary N) is 1. The second kappa shape index (κ2) is 10.2. The van der Waals surface area contributed by atoms with Gasteiger partial charge in [-0.25, -0.2) is 10.1 Å². The van der Waals surface area contributed by atoms with Crippen molar-refractivity contribution in [1.29, 1.82) is 0 Å². The predicted molar refractivity (Wildman–Crippen MR) is 128 cm³/mol. The quantitative estimate of drug-likeness (QED) is 0.253. The van der Waals surface area contributed by atoms with Gasteiger partial charge in [0.2, 0.25) is 17.5 Å². The SMILES string of the molecule is CC(=O)Nc1ccc(/C=N\NC(=O)c2nnn(-c3nonc3N)c2CN(C)c2ccccc2)cc1. The summed E-state index contributed by atoms with van der Waals surface area (Å²) in [5.74, 6) is -0.612. The fourth-order valence-corrected chi connectivity index (χ4v) is 3.20. The zero-order valence-corrected chi connectivity index (χ0v) is 18.9. The maximum absolute atomic E-state index is 12.9. The summed E-state index contributed by atoms with van der Waals surface area (Å²) in [7, 11) is 1.86. The number of benzene rings is 2. The van der Waals surface area contributed by atoms with E-state index in [0.717, 1.165) is 5.69 Å². The Morgan fingerprint density at radius 3 is 2.54 bits per heavy atom. The molecule has 2 aromatic heterocycles. The first-order valence-corrected chi connectivity index (χ1v) is 10.4. The molecule has 4 rings (SSSR count). The Hall–Kier alpha value is -5.07. The first-order chi connectivity index (χ1) is 16.9. The van der Waals surface area contributed by atoms with Gasteiger partial charge in [-0.15, -0.1) is 5.10 Å². The van der Waals surface area contributed by atoms with Gasteiger partial charge in [0.05, 0.1) is 18.5 Å². The number of hydrogen-bond acceptors (Lipinski definition) is 10. The molecule has 0 atom stereocenters. The maximum Gasteiger partial charge on any atom is 0.293 e. The second-order valence-corrected chi connectivity index (χ2v) is 7.46. The monoisotopic (exact) mass is 474 g/mol. The van der Waals surface area contributed by atoms with Crippen LogP contribution >= 0.6 is 0 Å². The van der Waals surface area contributed by atoms with Crippen molar-refractivity contribution in [2.24, 2.45) is 5.10 Å². The predicted octanol–water partition coefficient (Wildman–Crippen LogP) is 1.59. The van der Waals surface area contributed by atoms with E-state index in [1.54, 1.807) is 24.3 Å². The van der Waals surface area contributed by atoms with Gasteiger partial charge in [-0.1, -0.05) is 35.5 Å². The van der Waals surface area contributed by atoms with E-state index in [1.807, 2.05) is 42.3 Å². The fraction of sp³-hybridized carbons (Fsp3) is 0.136. The number of carbonyl (C=O) groups is 2. The molecule has 2 amide bonds. The molecule has 0 radical (unpaired) electrons. The van der Waals surface area contributed by atoms with E-state index in [1.165, 1.54) is 17.8 Å². The third-order valence-electron chi connectivity index (χ3n) is 4.87. The molecule has 0 aliphatic heterocycles. The Labute approximate surface area is 199 Å². The third kappa shape index (κ3) is 5.47. The van der Waals surface area contributed by atoms with Crippen LogP contribution < -0.4 is 21.4 Å². The van der Waals surface area contributed by atoms with Crippen LogP contribution in [-0.2, 0) is 11.3 Å². The summed E-state index contributed by atoms with van der Waals surface area (Å²) < 4.78 is 5.99. The number of aromatic nitrogens is 5. The number of nitrogens with one attached hydrogen (secondary N) is 2. The summed E-state index contributed by atoms with van der Waals surface area (Å²) in [5, 5.41) is 22.1. The lowest BCUT2D eigenvalue weighted by Gasteiger charge is -2.19. The van der Waals surface area contributed by atoms with Crippen LogP contribution in [0, 0.1) is 0 Å². The summed E-state index contributed by atoms with van der Waals surface area (Å²) >= 11 is 0. The van der Waals surface area contributed by atoms with E-state index >= 15 is 0 Å². The van der Waals surface area contributed by atoms with Crippen LogP contribution in [-0.4, -0.2) is 50.4 Å². The summed E-state index contributed by atoms with van der Waals surface area (Å²) in [5.41, 5.74) is 11.0. The Balaban J connectivity index is 1.54. The molecule has 13 nitrogen and oxygen atoms in total. The molecule has 2 heterocycles. The first kappa shape index (κ1) is 23.1. The fourth-order valence-electron chi connectivity index (χ4n) is 3.20. The zero-order chi connectivity index (χ0) is 24.8. The van der Waals surface area contributed by atoms with Crippen molar-refractivity contribution < 1.29 is 14.2 Å². The molecule has 0 fully saturated rings. The number of carbonyl (C=O) groups excluding carboxylic acids is 2. The number of nitrogens with zero attached hydrogens (tertiary/aromatic N) is 7. The molecule has 178 valence electrons. The summed E-state index contributed by atoms with van der Waals surface area (Å²) in [6, 6.07) is 16.5. The lowest BCUT2D eigenvalue weighted by molar-refractivity contribution is -0.114. The Morgan fingerprint density at radius 2 is 1.89 bits per heavy atom. The van der Waals surface area contributed by atoms with Crippen LogP contribution in [0.1, 0.15) is 28.7 Å². The van der Waals surface area contributed by atoms with E-state index in [-0.39, 0.29) is 29.8 Å². The molecule has 0 aliphatic carbocycles. The van der Waals surface area contributed by atoms with Crippen LogP contribution in [0.15, 0.2) is 64.3 Å². The highest BCUT2D eigenvalue weighted by Gasteiger charge is 2.25. The van der Waals surface area contributed by atoms with Crippen molar-refractivity contribution in [2.75, 3.05) is 23.0 Å². The van der Waals surface area contributed by atoms with Gasteiger partial charge in [0.25, 0.3) is 5.91 Å². The molecule has 0 aliphatic rings. The molecule has 4 N–H and O–H groups in total. The van der Waals surface area contributed by atoms with Crippen molar-refractivity contribution in [1.82, 2.24) is 30.7 Å². The molecule has 35 heavy (non-hydrogen) atoms. The smallest absolute Gasteiger partial charge is 0.293 e. The number of hydrazone groups is 1. The number of hydrogen-bond donors (Lipinski definition) is 3. The Kier molecular flexibility index (Phi) is 6.76. The number of nitrogen functional groups attached to an aromatic ring is 1. The lowest BCUT2D eigenvalue weighted by atomic mass is 10.2. The van der Waals surface area contributed by atoms with Gasteiger partial charge in [-0.2, -0.15) is 9.78 Å². The largest absolute Gasteiger partial charge is 0.378 e. The second-order valence-electron chi connectivity index (χ2n) is 7.46. The van der Waals surface area contributed by atoms with E-state index < -0.39 is 5.91 Å². The highest BCUT2D eigenvalue weighted by atomic mass is 16.6. The standard InChI is InChI=1S/C22H22N10O3/c1-14(33)25-16-10-8-15(9-11-16)12-24-27-22(34)19-18(13-31(2)17-6-4-3-5-7-17)32(30-26-19)21-20(23)28-35-29-21/h3-12H,13H2,1-2H3,(H2,23,28)(H,25,33)(H,27,34)/b24-12-. The van der Waals surface area contributed by atoms with Gasteiger partial charge in [0, 0.05) is 25.3 Å². The maximum atomic E-state index is 12.9. The molecule has 13 heteroatoms. The first-order valence-electron chi connectivity index (χ1n) is 10.4. The molecule has 0 saturated heterocycles. The molecule has 0 saturated carbocycles.